The molecule has 0 bridgehead atoms. The summed E-state index contributed by atoms with van der Waals surface area (Å²) in [4.78, 5) is 8.81. The van der Waals surface area contributed by atoms with Gasteiger partial charge in [0.15, 0.2) is 0 Å². The molecule has 0 amide bonds. The van der Waals surface area contributed by atoms with Crippen LogP contribution in [0.25, 0.3) is 11.3 Å². The van der Waals surface area contributed by atoms with Gasteiger partial charge < -0.3 is 0 Å². The highest BCUT2D eigenvalue weighted by Gasteiger charge is 2.40. The molecule has 1 saturated carbocycles. The van der Waals surface area contributed by atoms with Crippen LogP contribution in [0.15, 0.2) is 18.7 Å². The van der Waals surface area contributed by atoms with Crippen molar-refractivity contribution in [1.29, 1.82) is 0 Å². The van der Waals surface area contributed by atoms with Crippen LogP contribution in [0.2, 0.25) is 0 Å². The Bertz CT molecular complexity index is 841. The van der Waals surface area contributed by atoms with Crippen molar-refractivity contribution < 1.29 is 8.42 Å². The maximum Gasteiger partial charge on any atom is 0.217 e. The predicted octanol–water partition coefficient (Wildman–Crippen LogP) is 0.770. The van der Waals surface area contributed by atoms with Crippen LogP contribution < -0.4 is 0 Å². The van der Waals surface area contributed by atoms with E-state index in [1.807, 2.05) is 13.2 Å². The molecule has 0 aromatic carbocycles. The predicted molar refractivity (Wildman–Crippen MR) is 85.2 cm³/mol. The summed E-state index contributed by atoms with van der Waals surface area (Å²) in [7, 11) is -1.27. The fourth-order valence-corrected chi connectivity index (χ4v) is 4.97. The molecular formula is C15H19N5O2S. The second kappa shape index (κ2) is 5.38. The lowest BCUT2D eigenvalue weighted by atomic mass is 10.0. The van der Waals surface area contributed by atoms with Crippen molar-refractivity contribution in [2.45, 2.75) is 30.9 Å². The minimum absolute atomic E-state index is 0.160. The van der Waals surface area contributed by atoms with E-state index in [-0.39, 0.29) is 5.25 Å². The molecule has 0 unspecified atom stereocenters. The minimum Gasteiger partial charge on any atom is -0.275 e. The second-order valence-electron chi connectivity index (χ2n) is 6.19. The molecule has 1 aliphatic carbocycles. The molecule has 0 N–H and O–H groups in total. The molecule has 23 heavy (non-hydrogen) atoms. The van der Waals surface area contributed by atoms with Crippen LogP contribution in [-0.4, -0.2) is 50.8 Å². The zero-order chi connectivity index (χ0) is 16.0. The molecule has 4 rings (SSSR count). The molecule has 1 aliphatic heterocycles. The van der Waals surface area contributed by atoms with Crippen LogP contribution in [0.3, 0.4) is 0 Å². The Labute approximate surface area is 135 Å². The van der Waals surface area contributed by atoms with Crippen LogP contribution >= 0.6 is 0 Å². The topological polar surface area (TPSA) is 81.0 Å². The van der Waals surface area contributed by atoms with E-state index in [0.717, 1.165) is 35.4 Å². The Morgan fingerprint density at radius 2 is 1.96 bits per heavy atom. The van der Waals surface area contributed by atoms with Gasteiger partial charge in [0, 0.05) is 49.6 Å². The van der Waals surface area contributed by atoms with Gasteiger partial charge in [0.05, 0.1) is 17.1 Å². The van der Waals surface area contributed by atoms with Crippen LogP contribution in [-0.2, 0) is 29.9 Å². The summed E-state index contributed by atoms with van der Waals surface area (Å²) >= 11 is 0. The Morgan fingerprint density at radius 1 is 1.17 bits per heavy atom. The Hall–Kier alpha value is -1.80. The lowest BCUT2D eigenvalue weighted by Crippen LogP contribution is -2.35. The van der Waals surface area contributed by atoms with Crippen LogP contribution in [0.1, 0.15) is 24.1 Å². The van der Waals surface area contributed by atoms with E-state index in [4.69, 9.17) is 0 Å². The van der Waals surface area contributed by atoms with Crippen molar-refractivity contribution in [3.63, 3.8) is 0 Å². The zero-order valence-corrected chi connectivity index (χ0v) is 13.8. The normalized spacial score (nSPS) is 19.3. The van der Waals surface area contributed by atoms with E-state index in [1.54, 1.807) is 21.5 Å². The average Bonchev–Trinajstić information content (AvgIpc) is 3.33. The number of fused-ring (bicyclic) bond motifs is 1. The number of hydrogen-bond donors (Lipinski definition) is 0. The Morgan fingerprint density at radius 3 is 2.65 bits per heavy atom. The van der Waals surface area contributed by atoms with E-state index >= 15 is 0 Å². The third-order valence-electron chi connectivity index (χ3n) is 4.53. The molecule has 2 aromatic rings. The van der Waals surface area contributed by atoms with E-state index in [1.165, 1.54) is 0 Å². The first-order valence-corrected chi connectivity index (χ1v) is 9.37. The van der Waals surface area contributed by atoms with E-state index in [2.05, 4.69) is 15.1 Å². The minimum atomic E-state index is -3.13. The first kappa shape index (κ1) is 14.8. The third-order valence-corrected chi connectivity index (χ3v) is 6.93. The summed E-state index contributed by atoms with van der Waals surface area (Å²) in [5.74, 6) is 0. The summed E-state index contributed by atoms with van der Waals surface area (Å²) in [5, 5.41) is 4.04. The highest BCUT2D eigenvalue weighted by Crippen LogP contribution is 2.33. The Balaban J connectivity index is 1.66. The first-order chi connectivity index (χ1) is 11.1. The smallest absolute Gasteiger partial charge is 0.217 e. The van der Waals surface area contributed by atoms with Gasteiger partial charge in [-0.05, 0) is 19.3 Å². The summed E-state index contributed by atoms with van der Waals surface area (Å²) in [6, 6.07) is 0. The molecule has 0 atom stereocenters. The molecule has 3 heterocycles. The van der Waals surface area contributed by atoms with E-state index < -0.39 is 10.0 Å². The van der Waals surface area contributed by atoms with Crippen LogP contribution in [0, 0.1) is 0 Å². The van der Waals surface area contributed by atoms with Gasteiger partial charge in [-0.3, -0.25) is 4.68 Å². The summed E-state index contributed by atoms with van der Waals surface area (Å²) in [5.41, 5.74) is 3.82. The van der Waals surface area contributed by atoms with Gasteiger partial charge >= 0.3 is 0 Å². The Kier molecular flexibility index (Phi) is 3.46. The largest absolute Gasteiger partial charge is 0.275 e. The van der Waals surface area contributed by atoms with Crippen molar-refractivity contribution >= 4 is 10.0 Å². The number of aryl methyl sites for hydroxylation is 1. The van der Waals surface area contributed by atoms with Crippen molar-refractivity contribution in [2.24, 2.45) is 7.05 Å². The highest BCUT2D eigenvalue weighted by molar-refractivity contribution is 7.90. The van der Waals surface area contributed by atoms with Crippen molar-refractivity contribution in [3.05, 3.63) is 30.0 Å². The summed E-state index contributed by atoms with van der Waals surface area (Å²) in [6.45, 7) is 1.02. The van der Waals surface area contributed by atoms with Gasteiger partial charge in [0.25, 0.3) is 0 Å². The number of aromatic nitrogens is 4. The number of sulfonamides is 1. The van der Waals surface area contributed by atoms with E-state index in [0.29, 0.717) is 25.9 Å². The van der Waals surface area contributed by atoms with Crippen LogP contribution in [0.4, 0.5) is 0 Å². The van der Waals surface area contributed by atoms with Gasteiger partial charge in [-0.2, -0.15) is 5.10 Å². The monoisotopic (exact) mass is 333 g/mol. The molecule has 7 nitrogen and oxygen atoms in total. The van der Waals surface area contributed by atoms with E-state index in [9.17, 15) is 8.42 Å². The first-order valence-electron chi connectivity index (χ1n) is 7.86. The van der Waals surface area contributed by atoms with Crippen molar-refractivity contribution in [1.82, 2.24) is 24.1 Å². The fraction of sp³-hybridized carbons (Fsp3) is 0.533. The molecule has 1 fully saturated rings. The van der Waals surface area contributed by atoms with Gasteiger partial charge in [0.1, 0.15) is 6.33 Å². The van der Waals surface area contributed by atoms with Gasteiger partial charge in [0.2, 0.25) is 10.0 Å². The van der Waals surface area contributed by atoms with Gasteiger partial charge in [-0.25, -0.2) is 22.7 Å². The standard InChI is InChI=1S/C15H19N5O2S/c1-19-9-11(8-18-19)15-13-4-6-20(23(21,22)12-2-3-12)7-5-14(13)16-10-17-15/h8-10,12H,2-7H2,1H3. The SMILES string of the molecule is Cn1cc(-c2ncnc3c2CCN(S(=O)(=O)C2CC2)CC3)cn1. The molecule has 8 heteroatoms. The van der Waals surface area contributed by atoms with Crippen molar-refractivity contribution in [2.75, 3.05) is 13.1 Å². The summed E-state index contributed by atoms with van der Waals surface area (Å²) in [6.07, 6.45) is 8.15. The quantitative estimate of drug-likeness (QED) is 0.829. The van der Waals surface area contributed by atoms with Gasteiger partial charge in [-0.15, -0.1) is 0 Å². The maximum atomic E-state index is 12.5. The van der Waals surface area contributed by atoms with Gasteiger partial charge in [-0.1, -0.05) is 0 Å². The fourth-order valence-electron chi connectivity index (χ4n) is 3.13. The lowest BCUT2D eigenvalue weighted by Gasteiger charge is -2.19. The molecule has 2 aliphatic rings. The number of nitrogens with zero attached hydrogens (tertiary/aromatic N) is 5. The maximum absolute atomic E-state index is 12.5. The molecule has 0 radical (unpaired) electrons. The average molecular weight is 333 g/mol. The van der Waals surface area contributed by atoms with Crippen LogP contribution in [0.5, 0.6) is 0 Å². The zero-order valence-electron chi connectivity index (χ0n) is 13.0. The number of hydrogen-bond acceptors (Lipinski definition) is 5. The molecule has 0 spiro atoms. The summed E-state index contributed by atoms with van der Waals surface area (Å²) < 4.78 is 28.4. The highest BCUT2D eigenvalue weighted by atomic mass is 32.2. The third kappa shape index (κ3) is 2.66. The molecule has 2 aromatic heterocycles. The molecule has 122 valence electrons. The lowest BCUT2D eigenvalue weighted by molar-refractivity contribution is 0.425. The molecule has 0 saturated heterocycles. The molecular weight excluding hydrogens is 314 g/mol. The van der Waals surface area contributed by atoms with Crippen molar-refractivity contribution in [3.8, 4) is 11.3 Å². The second-order valence-corrected chi connectivity index (χ2v) is 8.41. The number of rotatable bonds is 3.